The molecule has 3 heterocycles. The smallest absolute Gasteiger partial charge is 0.269 e. The Morgan fingerprint density at radius 3 is 3.00 bits per heavy atom. The third-order valence-electron chi connectivity index (χ3n) is 4.78. The van der Waals surface area contributed by atoms with E-state index in [4.69, 9.17) is 0 Å². The highest BCUT2D eigenvalue weighted by atomic mass is 32.1. The third kappa shape index (κ3) is 2.77. The van der Waals surface area contributed by atoms with Crippen molar-refractivity contribution in [2.75, 3.05) is 18.4 Å². The molecule has 0 unspecified atom stereocenters. The van der Waals surface area contributed by atoms with Gasteiger partial charge in [0.05, 0.1) is 10.5 Å². The van der Waals surface area contributed by atoms with Crippen LogP contribution in [0.25, 0.3) is 0 Å². The second-order valence-corrected chi connectivity index (χ2v) is 7.33. The van der Waals surface area contributed by atoms with Crippen molar-refractivity contribution in [3.8, 4) is 0 Å². The van der Waals surface area contributed by atoms with Crippen molar-refractivity contribution in [2.24, 2.45) is 0 Å². The summed E-state index contributed by atoms with van der Waals surface area (Å²) < 4.78 is 0. The van der Waals surface area contributed by atoms with Crippen molar-refractivity contribution in [2.45, 2.75) is 26.1 Å². The van der Waals surface area contributed by atoms with Crippen LogP contribution in [0.3, 0.4) is 0 Å². The molecule has 2 aliphatic rings. The van der Waals surface area contributed by atoms with Crippen molar-refractivity contribution >= 4 is 27.9 Å². The molecule has 130 valence electrons. The van der Waals surface area contributed by atoms with Crippen molar-refractivity contribution in [1.82, 2.24) is 10.2 Å². The molecule has 0 saturated heterocycles. The van der Waals surface area contributed by atoms with Crippen LogP contribution in [0.5, 0.6) is 0 Å². The number of likely N-dealkylation sites (N-methyl/N-ethyl adjacent to an activating group) is 1. The molecule has 1 aromatic carbocycles. The Balaban J connectivity index is 1.66. The predicted octanol–water partition coefficient (Wildman–Crippen LogP) is 2.89. The summed E-state index contributed by atoms with van der Waals surface area (Å²) in [5.41, 5.74) is 2.59. The number of non-ortho nitro benzene ring substituents is 1. The Morgan fingerprint density at radius 2 is 2.24 bits per heavy atom. The van der Waals surface area contributed by atoms with E-state index in [-0.39, 0.29) is 11.6 Å². The third-order valence-corrected chi connectivity index (χ3v) is 5.92. The van der Waals surface area contributed by atoms with Gasteiger partial charge in [0.15, 0.2) is 0 Å². The highest BCUT2D eigenvalue weighted by Gasteiger charge is 2.33. The zero-order chi connectivity index (χ0) is 17.6. The molecule has 0 aliphatic carbocycles. The lowest BCUT2D eigenvalue weighted by Crippen LogP contribution is -2.38. The van der Waals surface area contributed by atoms with Crippen molar-refractivity contribution in [3.05, 3.63) is 55.9 Å². The number of nitro benzene ring substituents is 1. The van der Waals surface area contributed by atoms with E-state index in [0.29, 0.717) is 5.56 Å². The summed E-state index contributed by atoms with van der Waals surface area (Å²) in [6, 6.07) is 6.36. The number of carbonyl (C=O) groups is 1. The summed E-state index contributed by atoms with van der Waals surface area (Å²) in [6.45, 7) is 4.98. The summed E-state index contributed by atoms with van der Waals surface area (Å²) in [5.74, 6) is -0.104. The second kappa shape index (κ2) is 6.12. The summed E-state index contributed by atoms with van der Waals surface area (Å²) >= 11 is 1.62. The molecule has 2 N–H and O–H groups in total. The van der Waals surface area contributed by atoms with Gasteiger partial charge in [0, 0.05) is 35.7 Å². The number of thiophene rings is 1. The van der Waals surface area contributed by atoms with Crippen LogP contribution in [0, 0.1) is 10.1 Å². The molecule has 2 aliphatic heterocycles. The van der Waals surface area contributed by atoms with Crippen LogP contribution >= 0.6 is 11.3 Å². The van der Waals surface area contributed by atoms with Gasteiger partial charge in [-0.3, -0.25) is 19.8 Å². The van der Waals surface area contributed by atoms with E-state index in [1.165, 1.54) is 17.0 Å². The van der Waals surface area contributed by atoms with Crippen LogP contribution in [0.4, 0.5) is 10.7 Å². The minimum Gasteiger partial charge on any atom is -0.353 e. The lowest BCUT2D eigenvalue weighted by molar-refractivity contribution is -0.384. The Kier molecular flexibility index (Phi) is 3.93. The molecule has 1 amide bonds. The zero-order valence-electron chi connectivity index (χ0n) is 13.7. The number of amides is 1. The number of nitrogens with zero attached hydrogens (tertiary/aromatic N) is 2. The molecular weight excluding hydrogens is 340 g/mol. The molecule has 0 fully saturated rings. The Bertz CT molecular complexity index is 864. The van der Waals surface area contributed by atoms with Gasteiger partial charge in [-0.05, 0) is 18.5 Å². The van der Waals surface area contributed by atoms with E-state index in [2.05, 4.69) is 22.5 Å². The fourth-order valence-corrected chi connectivity index (χ4v) is 4.74. The monoisotopic (exact) mass is 358 g/mol. The second-order valence-electron chi connectivity index (χ2n) is 6.23. The van der Waals surface area contributed by atoms with Crippen LogP contribution < -0.4 is 10.6 Å². The van der Waals surface area contributed by atoms with E-state index in [1.54, 1.807) is 23.5 Å². The normalized spacial score (nSPS) is 19.6. The van der Waals surface area contributed by atoms with E-state index >= 15 is 0 Å². The number of hydrogen-bond donors (Lipinski definition) is 2. The number of carbonyl (C=O) groups excluding carboxylic acids is 1. The van der Waals surface area contributed by atoms with E-state index in [0.717, 1.165) is 42.2 Å². The van der Waals surface area contributed by atoms with Crippen LogP contribution in [-0.4, -0.2) is 28.8 Å². The lowest BCUT2D eigenvalue weighted by atomic mass is 10.0. The summed E-state index contributed by atoms with van der Waals surface area (Å²) in [5, 5.41) is 18.1. The number of nitro groups is 1. The Hall–Kier alpha value is -2.45. The van der Waals surface area contributed by atoms with Gasteiger partial charge in [-0.1, -0.05) is 19.1 Å². The van der Waals surface area contributed by atoms with Gasteiger partial charge in [0.25, 0.3) is 11.6 Å². The first kappa shape index (κ1) is 16.0. The number of benzene rings is 1. The molecule has 8 heteroatoms. The fraction of sp³-hybridized carbons (Fsp3) is 0.353. The molecule has 0 saturated carbocycles. The molecular formula is C17H18N4O3S. The number of rotatable bonds is 3. The average Bonchev–Trinajstić information content (AvgIpc) is 2.99. The van der Waals surface area contributed by atoms with E-state index in [1.807, 2.05) is 0 Å². The molecule has 4 rings (SSSR count). The van der Waals surface area contributed by atoms with Crippen LogP contribution in [-0.2, 0) is 13.0 Å². The van der Waals surface area contributed by atoms with E-state index < -0.39 is 11.1 Å². The molecule has 25 heavy (non-hydrogen) atoms. The Morgan fingerprint density at radius 1 is 1.40 bits per heavy atom. The number of nitrogens with one attached hydrogen (secondary N) is 2. The zero-order valence-corrected chi connectivity index (χ0v) is 14.6. The highest BCUT2D eigenvalue weighted by Crippen LogP contribution is 2.40. The molecule has 7 nitrogen and oxygen atoms in total. The molecule has 0 bridgehead atoms. The average molecular weight is 358 g/mol. The minimum absolute atomic E-state index is 0.0170. The molecule has 1 aromatic heterocycles. The topological polar surface area (TPSA) is 87.5 Å². The maximum Gasteiger partial charge on any atom is 0.269 e. The van der Waals surface area contributed by atoms with Gasteiger partial charge in [-0.25, -0.2) is 0 Å². The van der Waals surface area contributed by atoms with Gasteiger partial charge < -0.3 is 10.6 Å². The van der Waals surface area contributed by atoms with Gasteiger partial charge in [-0.15, -0.1) is 11.3 Å². The van der Waals surface area contributed by atoms with Crippen molar-refractivity contribution < 1.29 is 9.72 Å². The first-order valence-corrected chi connectivity index (χ1v) is 9.07. The summed E-state index contributed by atoms with van der Waals surface area (Å²) in [7, 11) is 0. The first-order chi connectivity index (χ1) is 12.1. The van der Waals surface area contributed by atoms with Gasteiger partial charge in [0.2, 0.25) is 0 Å². The standard InChI is InChI=1S/C17H18N4O3S/c1-2-20-7-6-12-13(9-20)25-17-14(12)16(22)18-15(19-17)10-4-3-5-11(8-10)21(23)24/h3-5,8,15,19H,2,6-7,9H2,1H3,(H,18,22)/t15-/m1/s1. The number of hydrogen-bond acceptors (Lipinski definition) is 6. The van der Waals surface area contributed by atoms with Crippen molar-refractivity contribution in [3.63, 3.8) is 0 Å². The molecule has 0 spiro atoms. The largest absolute Gasteiger partial charge is 0.353 e. The van der Waals surface area contributed by atoms with Crippen molar-refractivity contribution in [1.29, 1.82) is 0 Å². The molecule has 2 aromatic rings. The quantitative estimate of drug-likeness (QED) is 0.651. The highest BCUT2D eigenvalue weighted by molar-refractivity contribution is 7.16. The molecule has 1 atom stereocenters. The summed E-state index contributed by atoms with van der Waals surface area (Å²) in [6.07, 6.45) is 0.424. The number of anilines is 1. The lowest BCUT2D eigenvalue weighted by Gasteiger charge is -2.28. The first-order valence-electron chi connectivity index (χ1n) is 8.25. The predicted molar refractivity (Wildman–Crippen MR) is 95.9 cm³/mol. The maximum atomic E-state index is 12.7. The fourth-order valence-electron chi connectivity index (χ4n) is 3.42. The minimum atomic E-state index is -0.456. The Labute approximate surface area is 148 Å². The maximum absolute atomic E-state index is 12.7. The SMILES string of the molecule is CCN1CCc2c(sc3c2C(=O)N[C@@H](c2cccc([N+](=O)[O-])c2)N3)C1. The van der Waals surface area contributed by atoms with Gasteiger partial charge in [0.1, 0.15) is 11.2 Å². The van der Waals surface area contributed by atoms with Crippen LogP contribution in [0.1, 0.15) is 39.5 Å². The van der Waals surface area contributed by atoms with Crippen LogP contribution in [0.15, 0.2) is 24.3 Å². The van der Waals surface area contributed by atoms with E-state index in [9.17, 15) is 14.9 Å². The molecule has 0 radical (unpaired) electrons. The summed E-state index contributed by atoms with van der Waals surface area (Å²) in [4.78, 5) is 26.8. The van der Waals surface area contributed by atoms with Crippen LogP contribution in [0.2, 0.25) is 0 Å². The number of fused-ring (bicyclic) bond motifs is 3. The van der Waals surface area contributed by atoms with Gasteiger partial charge in [-0.2, -0.15) is 0 Å². The van der Waals surface area contributed by atoms with Gasteiger partial charge >= 0.3 is 0 Å².